The van der Waals surface area contributed by atoms with Crippen LogP contribution in [0.1, 0.15) is 23.7 Å². The first-order valence-corrected chi connectivity index (χ1v) is 9.05. The Balaban J connectivity index is 1.15. The summed E-state index contributed by atoms with van der Waals surface area (Å²) < 4.78 is 17.2. The molecular formula is C19H25N3O3. The molecule has 6 nitrogen and oxygen atoms in total. The first-order valence-electron chi connectivity index (χ1n) is 9.05. The Morgan fingerprint density at radius 3 is 2.88 bits per heavy atom. The van der Waals surface area contributed by atoms with Crippen LogP contribution in [0.4, 0.5) is 0 Å². The van der Waals surface area contributed by atoms with Gasteiger partial charge in [-0.25, -0.2) is 0 Å². The highest BCUT2D eigenvalue weighted by Gasteiger charge is 2.42. The quantitative estimate of drug-likeness (QED) is 0.719. The molecule has 25 heavy (non-hydrogen) atoms. The predicted molar refractivity (Wildman–Crippen MR) is 92.0 cm³/mol. The molecule has 0 radical (unpaired) electrons. The molecule has 0 amide bonds. The second-order valence-corrected chi connectivity index (χ2v) is 7.03. The number of hydrogen-bond donors (Lipinski definition) is 0. The van der Waals surface area contributed by atoms with Crippen LogP contribution in [0.25, 0.3) is 0 Å². The van der Waals surface area contributed by atoms with Crippen molar-refractivity contribution in [3.8, 4) is 0 Å². The van der Waals surface area contributed by atoms with Gasteiger partial charge in [0, 0.05) is 25.6 Å². The Bertz CT molecular complexity index is 662. The largest absolute Gasteiger partial charge is 0.375 e. The summed E-state index contributed by atoms with van der Waals surface area (Å²) in [5.74, 6) is 1.99. The van der Waals surface area contributed by atoms with Gasteiger partial charge >= 0.3 is 0 Å². The number of benzene rings is 1. The number of rotatable bonds is 7. The fraction of sp³-hybridized carbons (Fsp3) is 0.579. The van der Waals surface area contributed by atoms with Gasteiger partial charge in [-0.1, -0.05) is 35.5 Å². The summed E-state index contributed by atoms with van der Waals surface area (Å²) in [5, 5.41) is 3.84. The van der Waals surface area contributed by atoms with Crippen molar-refractivity contribution in [2.24, 2.45) is 5.92 Å². The highest BCUT2D eigenvalue weighted by atomic mass is 16.5. The lowest BCUT2D eigenvalue weighted by Crippen LogP contribution is -2.28. The molecule has 0 saturated carbocycles. The third kappa shape index (κ3) is 4.26. The Morgan fingerprint density at radius 2 is 2.12 bits per heavy atom. The first-order chi connectivity index (χ1) is 12.3. The lowest BCUT2D eigenvalue weighted by Gasteiger charge is -2.18. The minimum Gasteiger partial charge on any atom is -0.375 e. The smallest absolute Gasteiger partial charge is 0.229 e. The number of aromatic nitrogens is 2. The zero-order chi connectivity index (χ0) is 17.1. The maximum Gasteiger partial charge on any atom is 0.229 e. The standard InChI is InChI=1S/C19H25N3O3/c1-14-20-19(25-21-14)10-17-9-16-11-22(12-18(16)24-17)7-8-23-13-15-5-3-2-4-6-15/h2-6,16-18H,7-13H2,1H3/t16-,17+,18+/m0/s1. The predicted octanol–water partition coefficient (Wildman–Crippen LogP) is 2.23. The number of nitrogens with zero attached hydrogens (tertiary/aromatic N) is 3. The lowest BCUT2D eigenvalue weighted by molar-refractivity contribution is 0.0304. The number of fused-ring (bicyclic) bond motifs is 1. The molecule has 2 aliphatic heterocycles. The molecule has 6 heteroatoms. The van der Waals surface area contributed by atoms with E-state index in [-0.39, 0.29) is 6.10 Å². The van der Waals surface area contributed by atoms with Gasteiger partial charge in [0.1, 0.15) is 0 Å². The summed E-state index contributed by atoms with van der Waals surface area (Å²) >= 11 is 0. The molecule has 1 aromatic carbocycles. The van der Waals surface area contributed by atoms with Gasteiger partial charge in [0.25, 0.3) is 0 Å². The fourth-order valence-electron chi connectivity index (χ4n) is 3.84. The molecule has 4 rings (SSSR count). The molecule has 134 valence electrons. The van der Waals surface area contributed by atoms with Crippen LogP contribution in [-0.4, -0.2) is 53.5 Å². The van der Waals surface area contributed by atoms with Gasteiger partial charge < -0.3 is 14.0 Å². The topological polar surface area (TPSA) is 60.6 Å². The molecule has 3 atom stereocenters. The Labute approximate surface area is 148 Å². The minimum absolute atomic E-state index is 0.214. The van der Waals surface area contributed by atoms with Crippen LogP contribution < -0.4 is 0 Å². The SMILES string of the molecule is Cc1noc(C[C@H]2C[C@H]3CN(CCOCc4ccccc4)C[C@H]3O2)n1. The van der Waals surface area contributed by atoms with Crippen LogP contribution in [0.15, 0.2) is 34.9 Å². The van der Waals surface area contributed by atoms with Crippen LogP contribution in [0.5, 0.6) is 0 Å². The summed E-state index contributed by atoms with van der Waals surface area (Å²) in [5.41, 5.74) is 1.23. The van der Waals surface area contributed by atoms with Gasteiger partial charge in [-0.05, 0) is 18.9 Å². The zero-order valence-corrected chi connectivity index (χ0v) is 14.6. The van der Waals surface area contributed by atoms with E-state index >= 15 is 0 Å². The van der Waals surface area contributed by atoms with Gasteiger partial charge in [0.05, 0.1) is 31.8 Å². The molecule has 1 aromatic heterocycles. The van der Waals surface area contributed by atoms with E-state index in [0.717, 1.165) is 39.1 Å². The van der Waals surface area contributed by atoms with Crippen LogP contribution in [0, 0.1) is 12.8 Å². The molecule has 2 aliphatic rings. The van der Waals surface area contributed by atoms with Crippen molar-refractivity contribution < 1.29 is 14.0 Å². The number of ether oxygens (including phenoxy) is 2. The normalized spacial score (nSPS) is 26.2. The first kappa shape index (κ1) is 16.7. The molecule has 2 aromatic rings. The fourth-order valence-corrected chi connectivity index (χ4v) is 3.84. The highest BCUT2D eigenvalue weighted by molar-refractivity contribution is 5.13. The Morgan fingerprint density at radius 1 is 1.24 bits per heavy atom. The second kappa shape index (κ2) is 7.64. The lowest BCUT2D eigenvalue weighted by atomic mass is 10.0. The van der Waals surface area contributed by atoms with Crippen molar-refractivity contribution >= 4 is 0 Å². The average molecular weight is 343 g/mol. The number of likely N-dealkylation sites (tertiary alicyclic amines) is 1. The van der Waals surface area contributed by atoms with E-state index in [2.05, 4.69) is 27.2 Å². The average Bonchev–Trinajstić information content (AvgIpc) is 3.28. The summed E-state index contributed by atoms with van der Waals surface area (Å²) in [7, 11) is 0. The number of hydrogen-bond acceptors (Lipinski definition) is 6. The summed E-state index contributed by atoms with van der Waals surface area (Å²) in [6.45, 7) is 6.35. The number of aryl methyl sites for hydroxylation is 1. The second-order valence-electron chi connectivity index (χ2n) is 7.03. The van der Waals surface area contributed by atoms with E-state index in [9.17, 15) is 0 Å². The monoisotopic (exact) mass is 343 g/mol. The molecule has 2 fully saturated rings. The van der Waals surface area contributed by atoms with Gasteiger partial charge in [0.2, 0.25) is 5.89 Å². The van der Waals surface area contributed by atoms with Crippen LogP contribution in [-0.2, 0) is 22.5 Å². The van der Waals surface area contributed by atoms with E-state index in [1.54, 1.807) is 0 Å². The van der Waals surface area contributed by atoms with Crippen molar-refractivity contribution in [1.29, 1.82) is 0 Å². The molecule has 0 bridgehead atoms. The van der Waals surface area contributed by atoms with Crippen LogP contribution >= 0.6 is 0 Å². The minimum atomic E-state index is 0.214. The van der Waals surface area contributed by atoms with Crippen LogP contribution in [0.2, 0.25) is 0 Å². The van der Waals surface area contributed by atoms with E-state index in [4.69, 9.17) is 14.0 Å². The molecule has 3 heterocycles. The van der Waals surface area contributed by atoms with E-state index in [0.29, 0.717) is 30.3 Å². The maximum atomic E-state index is 6.19. The molecule has 2 saturated heterocycles. The Kier molecular flexibility index (Phi) is 5.10. The highest BCUT2D eigenvalue weighted by Crippen LogP contribution is 2.34. The Hall–Kier alpha value is -1.76. The van der Waals surface area contributed by atoms with Gasteiger partial charge in [-0.15, -0.1) is 0 Å². The zero-order valence-electron chi connectivity index (χ0n) is 14.6. The third-order valence-corrected chi connectivity index (χ3v) is 5.02. The van der Waals surface area contributed by atoms with Crippen LogP contribution in [0.3, 0.4) is 0 Å². The van der Waals surface area contributed by atoms with E-state index in [1.165, 1.54) is 5.56 Å². The molecule has 0 unspecified atom stereocenters. The van der Waals surface area contributed by atoms with Crippen molar-refractivity contribution in [3.63, 3.8) is 0 Å². The summed E-state index contributed by atoms with van der Waals surface area (Å²) in [6.07, 6.45) is 2.36. The van der Waals surface area contributed by atoms with Gasteiger partial charge in [0.15, 0.2) is 5.82 Å². The van der Waals surface area contributed by atoms with Gasteiger partial charge in [-0.3, -0.25) is 4.90 Å². The van der Waals surface area contributed by atoms with E-state index < -0.39 is 0 Å². The third-order valence-electron chi connectivity index (χ3n) is 5.02. The summed E-state index contributed by atoms with van der Waals surface area (Å²) in [6, 6.07) is 10.3. The van der Waals surface area contributed by atoms with Crippen molar-refractivity contribution in [2.45, 2.75) is 38.6 Å². The molecule has 0 N–H and O–H groups in total. The van der Waals surface area contributed by atoms with Crippen molar-refractivity contribution in [1.82, 2.24) is 15.0 Å². The molecular weight excluding hydrogens is 318 g/mol. The molecule has 0 aliphatic carbocycles. The molecule has 0 spiro atoms. The van der Waals surface area contributed by atoms with Gasteiger partial charge in [-0.2, -0.15) is 4.98 Å². The maximum absolute atomic E-state index is 6.19. The summed E-state index contributed by atoms with van der Waals surface area (Å²) in [4.78, 5) is 6.72. The van der Waals surface area contributed by atoms with Crippen molar-refractivity contribution in [2.75, 3.05) is 26.2 Å². The van der Waals surface area contributed by atoms with E-state index in [1.807, 2.05) is 25.1 Å². The van der Waals surface area contributed by atoms with Crippen molar-refractivity contribution in [3.05, 3.63) is 47.6 Å².